The molecule has 1 aliphatic heterocycles. The Balaban J connectivity index is 2.01. The second-order valence-corrected chi connectivity index (χ2v) is 9.87. The molecule has 28 heavy (non-hydrogen) atoms. The zero-order valence-electron chi connectivity index (χ0n) is 16.4. The summed E-state index contributed by atoms with van der Waals surface area (Å²) in [6, 6.07) is 4.85. The average Bonchev–Trinajstić information content (AvgIpc) is 3.34. The Kier molecular flexibility index (Phi) is 6.36. The van der Waals surface area contributed by atoms with Crippen molar-refractivity contribution >= 4 is 38.1 Å². The predicted octanol–water partition coefficient (Wildman–Crippen LogP) is 3.33. The van der Waals surface area contributed by atoms with Gasteiger partial charge in [0, 0.05) is 42.9 Å². The van der Waals surface area contributed by atoms with Gasteiger partial charge >= 0.3 is 0 Å². The Morgan fingerprint density at radius 2 is 1.93 bits per heavy atom. The van der Waals surface area contributed by atoms with Crippen LogP contribution >= 0.6 is 11.3 Å². The van der Waals surface area contributed by atoms with Crippen molar-refractivity contribution in [3.05, 3.63) is 34.8 Å². The molecule has 7 nitrogen and oxygen atoms in total. The van der Waals surface area contributed by atoms with Crippen molar-refractivity contribution in [1.82, 2.24) is 9.29 Å². The highest BCUT2D eigenvalue weighted by Gasteiger charge is 2.26. The lowest BCUT2D eigenvalue weighted by molar-refractivity contribution is 0.102. The van der Waals surface area contributed by atoms with Crippen molar-refractivity contribution in [3.63, 3.8) is 0 Å². The van der Waals surface area contributed by atoms with Crippen molar-refractivity contribution < 1.29 is 13.2 Å². The average molecular weight is 423 g/mol. The number of aromatic nitrogens is 1. The summed E-state index contributed by atoms with van der Waals surface area (Å²) in [7, 11) is -3.64. The zero-order chi connectivity index (χ0) is 20.3. The highest BCUT2D eigenvalue weighted by atomic mass is 32.2. The predicted molar refractivity (Wildman–Crippen MR) is 113 cm³/mol. The minimum absolute atomic E-state index is 0.139. The summed E-state index contributed by atoms with van der Waals surface area (Å²) in [5.74, 6) is -0.340. The molecule has 0 atom stereocenters. The molecule has 152 valence electrons. The van der Waals surface area contributed by atoms with E-state index in [0.29, 0.717) is 23.8 Å². The number of rotatable bonds is 7. The SMILES string of the molecule is CCN(CC)S(=O)(=O)c1ccc(N2CCCC2)c(C(=O)Nc2ncc(C)s2)c1. The van der Waals surface area contributed by atoms with E-state index in [1.54, 1.807) is 32.2 Å². The van der Waals surface area contributed by atoms with Gasteiger partial charge in [0.2, 0.25) is 10.0 Å². The number of benzene rings is 1. The molecule has 1 aromatic carbocycles. The number of nitrogens with one attached hydrogen (secondary N) is 1. The van der Waals surface area contributed by atoms with Crippen molar-refractivity contribution in [3.8, 4) is 0 Å². The molecule has 0 radical (unpaired) electrons. The van der Waals surface area contributed by atoms with E-state index in [2.05, 4.69) is 15.2 Å². The van der Waals surface area contributed by atoms with Gasteiger partial charge in [-0.1, -0.05) is 13.8 Å². The van der Waals surface area contributed by atoms with E-state index in [0.717, 1.165) is 36.5 Å². The smallest absolute Gasteiger partial charge is 0.259 e. The molecular formula is C19H26N4O3S2. The summed E-state index contributed by atoms with van der Waals surface area (Å²) in [5.41, 5.74) is 1.13. The van der Waals surface area contributed by atoms with E-state index in [9.17, 15) is 13.2 Å². The minimum Gasteiger partial charge on any atom is -0.371 e. The lowest BCUT2D eigenvalue weighted by Crippen LogP contribution is -2.31. The van der Waals surface area contributed by atoms with E-state index < -0.39 is 10.0 Å². The molecule has 0 unspecified atom stereocenters. The second-order valence-electron chi connectivity index (χ2n) is 6.69. The Labute approximate surface area is 170 Å². The molecule has 1 fully saturated rings. The van der Waals surface area contributed by atoms with E-state index in [1.807, 2.05) is 6.92 Å². The molecule has 0 aliphatic carbocycles. The first kappa shape index (κ1) is 20.8. The third-order valence-corrected chi connectivity index (χ3v) is 7.72. The molecule has 1 amide bonds. The van der Waals surface area contributed by atoms with Gasteiger partial charge in [0.1, 0.15) is 0 Å². The van der Waals surface area contributed by atoms with Crippen LogP contribution in [0, 0.1) is 6.92 Å². The van der Waals surface area contributed by atoms with Gasteiger partial charge < -0.3 is 4.90 Å². The number of sulfonamides is 1. The first-order valence-electron chi connectivity index (χ1n) is 9.49. The number of hydrogen-bond donors (Lipinski definition) is 1. The van der Waals surface area contributed by atoms with Crippen molar-refractivity contribution in [2.24, 2.45) is 0 Å². The maximum absolute atomic E-state index is 13.0. The molecule has 1 aliphatic rings. The minimum atomic E-state index is -3.64. The number of thiazole rings is 1. The summed E-state index contributed by atoms with van der Waals surface area (Å²) in [5, 5.41) is 3.32. The van der Waals surface area contributed by atoms with Gasteiger partial charge in [0.05, 0.1) is 10.5 Å². The second kappa shape index (κ2) is 8.59. The van der Waals surface area contributed by atoms with Gasteiger partial charge in [-0.25, -0.2) is 13.4 Å². The maximum Gasteiger partial charge on any atom is 0.259 e. The third-order valence-electron chi connectivity index (χ3n) is 4.84. The Bertz CT molecular complexity index is 946. The van der Waals surface area contributed by atoms with Crippen LogP contribution in [0.5, 0.6) is 0 Å². The standard InChI is InChI=1S/C19H26N4O3S2/c1-4-23(5-2)28(25,26)15-8-9-17(22-10-6-7-11-22)16(12-15)18(24)21-19-20-13-14(3)27-19/h8-9,12-13H,4-7,10-11H2,1-3H3,(H,20,21,24). The van der Waals surface area contributed by atoms with Crippen LogP contribution in [0.3, 0.4) is 0 Å². The first-order chi connectivity index (χ1) is 13.4. The molecule has 0 saturated carbocycles. The van der Waals surface area contributed by atoms with Gasteiger partial charge in [-0.3, -0.25) is 10.1 Å². The van der Waals surface area contributed by atoms with Gasteiger partial charge in [-0.05, 0) is 38.0 Å². The summed E-state index contributed by atoms with van der Waals surface area (Å²) in [6.07, 6.45) is 3.82. The van der Waals surface area contributed by atoms with Crippen molar-refractivity contribution in [2.45, 2.75) is 38.5 Å². The molecular weight excluding hydrogens is 396 g/mol. The van der Waals surface area contributed by atoms with Gasteiger partial charge in [-0.2, -0.15) is 4.31 Å². The highest BCUT2D eigenvalue weighted by molar-refractivity contribution is 7.89. The Morgan fingerprint density at radius 1 is 1.25 bits per heavy atom. The van der Waals surface area contributed by atoms with Crippen LogP contribution in [0.15, 0.2) is 29.3 Å². The molecule has 1 aromatic heterocycles. The molecule has 3 rings (SSSR count). The van der Waals surface area contributed by atoms with Crippen LogP contribution in [0.1, 0.15) is 41.9 Å². The normalized spacial score (nSPS) is 14.6. The van der Waals surface area contributed by atoms with Crippen LogP contribution < -0.4 is 10.2 Å². The van der Waals surface area contributed by atoms with Crippen LogP contribution in [0.25, 0.3) is 0 Å². The van der Waals surface area contributed by atoms with Gasteiger partial charge in [0.25, 0.3) is 5.91 Å². The van der Waals surface area contributed by atoms with E-state index in [4.69, 9.17) is 0 Å². The van der Waals surface area contributed by atoms with Crippen LogP contribution in [0.2, 0.25) is 0 Å². The first-order valence-corrected chi connectivity index (χ1v) is 11.8. The fourth-order valence-electron chi connectivity index (χ4n) is 3.38. The number of nitrogens with zero attached hydrogens (tertiary/aromatic N) is 3. The molecule has 9 heteroatoms. The zero-order valence-corrected chi connectivity index (χ0v) is 18.1. The lowest BCUT2D eigenvalue weighted by Gasteiger charge is -2.23. The van der Waals surface area contributed by atoms with Gasteiger partial charge in [-0.15, -0.1) is 11.3 Å². The lowest BCUT2D eigenvalue weighted by atomic mass is 10.1. The fraction of sp³-hybridized carbons (Fsp3) is 0.474. The Hall–Kier alpha value is -1.97. The molecule has 1 saturated heterocycles. The van der Waals surface area contributed by atoms with Crippen LogP contribution in [-0.4, -0.2) is 49.8 Å². The topological polar surface area (TPSA) is 82.6 Å². The molecule has 0 bridgehead atoms. The largest absolute Gasteiger partial charge is 0.371 e. The number of hydrogen-bond acceptors (Lipinski definition) is 6. The van der Waals surface area contributed by atoms with E-state index in [1.165, 1.54) is 21.7 Å². The third kappa shape index (κ3) is 4.21. The molecule has 2 aromatic rings. The van der Waals surface area contributed by atoms with Crippen LogP contribution in [0.4, 0.5) is 10.8 Å². The quantitative estimate of drug-likeness (QED) is 0.740. The number of amides is 1. The summed E-state index contributed by atoms with van der Waals surface area (Å²) in [6.45, 7) is 8.01. The van der Waals surface area contributed by atoms with E-state index >= 15 is 0 Å². The van der Waals surface area contributed by atoms with Crippen molar-refractivity contribution in [2.75, 3.05) is 36.4 Å². The number of anilines is 2. The summed E-state index contributed by atoms with van der Waals surface area (Å²) >= 11 is 1.39. The fourth-order valence-corrected chi connectivity index (χ4v) is 5.53. The van der Waals surface area contributed by atoms with Crippen molar-refractivity contribution in [1.29, 1.82) is 0 Å². The van der Waals surface area contributed by atoms with E-state index in [-0.39, 0.29) is 10.8 Å². The van der Waals surface area contributed by atoms with Gasteiger partial charge in [0.15, 0.2) is 5.13 Å². The number of carbonyl (C=O) groups excluding carboxylic acids is 1. The number of aryl methyl sites for hydroxylation is 1. The molecule has 0 spiro atoms. The summed E-state index contributed by atoms with van der Waals surface area (Å²) < 4.78 is 27.3. The Morgan fingerprint density at radius 3 is 2.50 bits per heavy atom. The monoisotopic (exact) mass is 422 g/mol. The van der Waals surface area contributed by atoms with Crippen LogP contribution in [-0.2, 0) is 10.0 Å². The molecule has 2 heterocycles. The summed E-state index contributed by atoms with van der Waals surface area (Å²) in [4.78, 5) is 20.5. The number of carbonyl (C=O) groups is 1. The molecule has 1 N–H and O–H groups in total. The maximum atomic E-state index is 13.0. The highest BCUT2D eigenvalue weighted by Crippen LogP contribution is 2.29.